The van der Waals surface area contributed by atoms with Gasteiger partial charge in [0.1, 0.15) is 0 Å². The molecule has 0 fully saturated rings. The molecule has 0 saturated carbocycles. The van der Waals surface area contributed by atoms with E-state index in [1.165, 1.54) is 12.3 Å². The van der Waals surface area contributed by atoms with Crippen LogP contribution in [0.15, 0.2) is 23.4 Å². The van der Waals surface area contributed by atoms with Crippen molar-refractivity contribution in [3.05, 3.63) is 24.1 Å². The molecule has 4 nitrogen and oxygen atoms in total. The van der Waals surface area contributed by atoms with Gasteiger partial charge < -0.3 is 0 Å². The van der Waals surface area contributed by atoms with Gasteiger partial charge in [0.2, 0.25) is 5.03 Å². The first-order valence-corrected chi connectivity index (χ1v) is 8.56. The second-order valence-electron chi connectivity index (χ2n) is 4.23. The monoisotopic (exact) mass is 352 g/mol. The molecule has 1 heterocycles. The molecule has 0 aliphatic heterocycles. The van der Waals surface area contributed by atoms with Crippen molar-refractivity contribution in [2.75, 3.05) is 6.54 Å². The molecule has 1 rings (SSSR count). The van der Waals surface area contributed by atoms with Gasteiger partial charge in [0, 0.05) is 17.6 Å². The highest BCUT2D eigenvalue weighted by Gasteiger charge is 2.23. The third-order valence-corrected chi connectivity index (χ3v) is 5.44. The van der Waals surface area contributed by atoms with Gasteiger partial charge >= 0.3 is 0 Å². The predicted molar refractivity (Wildman–Crippen MR) is 76.2 cm³/mol. The van der Waals surface area contributed by atoms with Crippen LogP contribution in [-0.4, -0.2) is 24.8 Å². The standard InChI is InChI=1S/C12H18BrFN2O2S/c1-3-9(4-2)10(13)8-16-19(17,18)12-11(14)6-5-7-15-12/h5-7,9-10,16H,3-4,8H2,1-2H3. The second kappa shape index (κ2) is 7.31. The van der Waals surface area contributed by atoms with Crippen molar-refractivity contribution in [2.24, 2.45) is 5.92 Å². The maximum absolute atomic E-state index is 13.4. The molecule has 0 saturated heterocycles. The van der Waals surface area contributed by atoms with Gasteiger partial charge in [0.15, 0.2) is 5.82 Å². The molecule has 1 aromatic rings. The van der Waals surface area contributed by atoms with Crippen LogP contribution in [0.3, 0.4) is 0 Å². The highest BCUT2D eigenvalue weighted by molar-refractivity contribution is 9.09. The fourth-order valence-corrected chi connectivity index (χ4v) is 3.98. The molecule has 1 aromatic heterocycles. The number of aromatic nitrogens is 1. The van der Waals surface area contributed by atoms with Crippen LogP contribution in [0.4, 0.5) is 4.39 Å². The van der Waals surface area contributed by atoms with Gasteiger partial charge in [-0.25, -0.2) is 22.5 Å². The van der Waals surface area contributed by atoms with Crippen LogP contribution in [0.2, 0.25) is 0 Å². The Kier molecular flexibility index (Phi) is 6.35. The zero-order valence-electron chi connectivity index (χ0n) is 10.9. The molecule has 0 aliphatic carbocycles. The summed E-state index contributed by atoms with van der Waals surface area (Å²) in [5.41, 5.74) is 0. The lowest BCUT2D eigenvalue weighted by Gasteiger charge is -2.19. The van der Waals surface area contributed by atoms with Crippen LogP contribution in [-0.2, 0) is 10.0 Å². The van der Waals surface area contributed by atoms with Crippen molar-refractivity contribution >= 4 is 26.0 Å². The molecule has 19 heavy (non-hydrogen) atoms. The maximum atomic E-state index is 13.4. The number of hydrogen-bond acceptors (Lipinski definition) is 3. The Labute approximate surface area is 122 Å². The van der Waals surface area contributed by atoms with Gasteiger partial charge in [0.05, 0.1) is 0 Å². The lowest BCUT2D eigenvalue weighted by atomic mass is 10.00. The number of pyridine rings is 1. The summed E-state index contributed by atoms with van der Waals surface area (Å²) in [6.45, 7) is 4.31. The third kappa shape index (κ3) is 4.50. The molecule has 1 atom stereocenters. The second-order valence-corrected chi connectivity index (χ2v) is 7.09. The zero-order valence-corrected chi connectivity index (χ0v) is 13.3. The summed E-state index contributed by atoms with van der Waals surface area (Å²) in [6, 6.07) is 2.43. The minimum atomic E-state index is -3.90. The number of hydrogen-bond donors (Lipinski definition) is 1. The minimum Gasteiger partial charge on any atom is -0.241 e. The molecule has 0 spiro atoms. The molecular weight excluding hydrogens is 335 g/mol. The summed E-state index contributed by atoms with van der Waals surface area (Å²) in [5.74, 6) is -0.472. The van der Waals surface area contributed by atoms with E-state index in [-0.39, 0.29) is 11.4 Å². The van der Waals surface area contributed by atoms with Gasteiger partial charge in [-0.3, -0.25) is 0 Å². The topological polar surface area (TPSA) is 59.1 Å². The minimum absolute atomic E-state index is 0.0176. The summed E-state index contributed by atoms with van der Waals surface area (Å²) < 4.78 is 39.6. The predicted octanol–water partition coefficient (Wildman–Crippen LogP) is 2.70. The lowest BCUT2D eigenvalue weighted by Crippen LogP contribution is -2.33. The SMILES string of the molecule is CCC(CC)C(Br)CNS(=O)(=O)c1ncccc1F. The number of nitrogens with zero attached hydrogens (tertiary/aromatic N) is 1. The number of rotatable bonds is 7. The molecule has 0 amide bonds. The van der Waals surface area contributed by atoms with Crippen LogP contribution in [0.1, 0.15) is 26.7 Å². The quantitative estimate of drug-likeness (QED) is 0.767. The zero-order chi connectivity index (χ0) is 14.5. The fraction of sp³-hybridized carbons (Fsp3) is 0.583. The van der Waals surface area contributed by atoms with Crippen molar-refractivity contribution in [3.63, 3.8) is 0 Å². The summed E-state index contributed by atoms with van der Waals surface area (Å²) in [5, 5.41) is -0.556. The van der Waals surface area contributed by atoms with Crippen molar-refractivity contribution in [1.82, 2.24) is 9.71 Å². The first kappa shape index (κ1) is 16.5. The van der Waals surface area contributed by atoms with E-state index in [2.05, 4.69) is 39.5 Å². The highest BCUT2D eigenvalue weighted by atomic mass is 79.9. The van der Waals surface area contributed by atoms with Gasteiger partial charge in [-0.15, -0.1) is 0 Å². The van der Waals surface area contributed by atoms with E-state index < -0.39 is 20.9 Å². The normalized spacial score (nSPS) is 13.7. The Morgan fingerprint density at radius 1 is 1.42 bits per heavy atom. The molecule has 1 unspecified atom stereocenters. The Morgan fingerprint density at radius 3 is 2.58 bits per heavy atom. The van der Waals surface area contributed by atoms with E-state index in [0.29, 0.717) is 5.92 Å². The first-order valence-electron chi connectivity index (χ1n) is 6.16. The largest absolute Gasteiger partial charge is 0.261 e. The Balaban J connectivity index is 2.74. The molecule has 0 aromatic carbocycles. The van der Waals surface area contributed by atoms with Gasteiger partial charge in [-0.05, 0) is 18.1 Å². The number of nitrogens with one attached hydrogen (secondary N) is 1. The summed E-state index contributed by atoms with van der Waals surface area (Å²) in [4.78, 5) is 3.59. The van der Waals surface area contributed by atoms with Crippen LogP contribution < -0.4 is 4.72 Å². The van der Waals surface area contributed by atoms with Gasteiger partial charge in [0.25, 0.3) is 10.0 Å². The van der Waals surface area contributed by atoms with Crippen LogP contribution >= 0.6 is 15.9 Å². The molecule has 0 radical (unpaired) electrons. The number of alkyl halides is 1. The third-order valence-electron chi connectivity index (χ3n) is 3.01. The van der Waals surface area contributed by atoms with Crippen molar-refractivity contribution in [3.8, 4) is 0 Å². The summed E-state index contributed by atoms with van der Waals surface area (Å²) in [7, 11) is -3.90. The number of sulfonamides is 1. The Bertz CT molecular complexity index is 506. The smallest absolute Gasteiger partial charge is 0.241 e. The average Bonchev–Trinajstić information content (AvgIpc) is 2.38. The van der Waals surface area contributed by atoms with Crippen molar-refractivity contribution in [1.29, 1.82) is 0 Å². The summed E-state index contributed by atoms with van der Waals surface area (Å²) in [6.07, 6.45) is 3.16. The van der Waals surface area contributed by atoms with E-state index in [4.69, 9.17) is 0 Å². The maximum Gasteiger partial charge on any atom is 0.261 e. The lowest BCUT2D eigenvalue weighted by molar-refractivity contribution is 0.469. The van der Waals surface area contributed by atoms with Crippen LogP contribution in [0.25, 0.3) is 0 Å². The molecular formula is C12H18BrFN2O2S. The van der Waals surface area contributed by atoms with E-state index in [1.807, 2.05) is 0 Å². The van der Waals surface area contributed by atoms with Crippen LogP contribution in [0, 0.1) is 11.7 Å². The van der Waals surface area contributed by atoms with Crippen LogP contribution in [0.5, 0.6) is 0 Å². The highest BCUT2D eigenvalue weighted by Crippen LogP contribution is 2.20. The Hall–Kier alpha value is -0.530. The molecule has 108 valence electrons. The van der Waals surface area contributed by atoms with Gasteiger partial charge in [-0.1, -0.05) is 42.6 Å². The van der Waals surface area contributed by atoms with Gasteiger partial charge in [-0.2, -0.15) is 0 Å². The number of halogens is 2. The molecule has 0 aliphatic rings. The average molecular weight is 353 g/mol. The molecule has 1 N–H and O–H groups in total. The van der Waals surface area contributed by atoms with E-state index in [9.17, 15) is 12.8 Å². The van der Waals surface area contributed by atoms with Crippen molar-refractivity contribution < 1.29 is 12.8 Å². The van der Waals surface area contributed by atoms with E-state index in [1.54, 1.807) is 0 Å². The fourth-order valence-electron chi connectivity index (χ4n) is 1.79. The first-order chi connectivity index (χ1) is 8.92. The molecule has 7 heteroatoms. The van der Waals surface area contributed by atoms with Crippen molar-refractivity contribution in [2.45, 2.75) is 36.5 Å². The summed E-state index contributed by atoms with van der Waals surface area (Å²) >= 11 is 3.47. The van der Waals surface area contributed by atoms with E-state index in [0.717, 1.165) is 18.9 Å². The Morgan fingerprint density at radius 2 is 2.05 bits per heavy atom. The van der Waals surface area contributed by atoms with E-state index >= 15 is 0 Å². The molecule has 0 bridgehead atoms.